The molecule has 0 aliphatic carbocycles. The minimum Gasteiger partial charge on any atom is -0.459 e. The highest BCUT2D eigenvalue weighted by Crippen LogP contribution is 2.42. The van der Waals surface area contributed by atoms with Gasteiger partial charge in [0.15, 0.2) is 6.10 Å². The van der Waals surface area contributed by atoms with Crippen LogP contribution in [0.25, 0.3) is 0 Å². The second kappa shape index (κ2) is 9.80. The van der Waals surface area contributed by atoms with Crippen molar-refractivity contribution in [2.45, 2.75) is 56.7 Å². The third-order valence-corrected chi connectivity index (χ3v) is 5.50. The first-order valence-electron chi connectivity index (χ1n) is 9.11. The van der Waals surface area contributed by atoms with E-state index in [1.54, 1.807) is 26.8 Å². The second-order valence-electron chi connectivity index (χ2n) is 7.33. The fourth-order valence-electron chi connectivity index (χ4n) is 2.65. The van der Waals surface area contributed by atoms with Crippen molar-refractivity contribution in [3.05, 3.63) is 17.3 Å². The maximum atomic E-state index is 12.8. The van der Waals surface area contributed by atoms with E-state index in [1.807, 2.05) is 6.92 Å². The number of fused-ring (bicyclic) bond motifs is 1. The van der Waals surface area contributed by atoms with Crippen LogP contribution in [0.1, 0.15) is 34.1 Å². The van der Waals surface area contributed by atoms with Gasteiger partial charge >= 0.3 is 11.9 Å². The molecule has 0 saturated carbocycles. The molecule has 1 saturated heterocycles. The molecule has 10 heteroatoms. The number of rotatable bonds is 7. The summed E-state index contributed by atoms with van der Waals surface area (Å²) in [6, 6.07) is 0. The maximum absolute atomic E-state index is 12.8. The number of alkyl halides is 1. The minimum atomic E-state index is -1.24. The van der Waals surface area contributed by atoms with Crippen LogP contribution >= 0.6 is 23.4 Å². The lowest BCUT2D eigenvalue weighted by atomic mass is 10.1. The summed E-state index contributed by atoms with van der Waals surface area (Å²) in [7, 11) is 1.45. The van der Waals surface area contributed by atoms with Gasteiger partial charge in [-0.1, -0.05) is 18.5 Å². The summed E-state index contributed by atoms with van der Waals surface area (Å²) in [5, 5.41) is -0.320. The van der Waals surface area contributed by atoms with Crippen LogP contribution in [0.4, 0.5) is 0 Å². The molecule has 29 heavy (non-hydrogen) atoms. The molecule has 1 unspecified atom stereocenters. The molecule has 160 valence electrons. The molecule has 0 aromatic rings. The lowest BCUT2D eigenvalue weighted by Gasteiger charge is -2.49. The summed E-state index contributed by atoms with van der Waals surface area (Å²) in [5.74, 6) is 1.18. The van der Waals surface area contributed by atoms with Crippen molar-refractivity contribution < 1.29 is 28.6 Å². The highest BCUT2D eigenvalue weighted by atomic mass is 35.5. The average molecular weight is 445 g/mol. The van der Waals surface area contributed by atoms with Gasteiger partial charge in [0.1, 0.15) is 23.3 Å². The van der Waals surface area contributed by atoms with Gasteiger partial charge in [0.05, 0.1) is 0 Å². The third-order valence-electron chi connectivity index (χ3n) is 3.91. The van der Waals surface area contributed by atoms with Gasteiger partial charge in [-0.3, -0.25) is 9.69 Å². The Labute approximate surface area is 179 Å². The number of hydrogen-bond acceptors (Lipinski definition) is 8. The fourth-order valence-corrected chi connectivity index (χ4v) is 4.12. The summed E-state index contributed by atoms with van der Waals surface area (Å²) >= 11 is 7.30. The van der Waals surface area contributed by atoms with Crippen molar-refractivity contribution in [1.29, 1.82) is 0 Å². The lowest BCUT2D eigenvalue weighted by molar-refractivity contribution is -0.167. The Hall–Kier alpha value is -1.80. The van der Waals surface area contributed by atoms with Crippen molar-refractivity contribution in [3.8, 4) is 0 Å². The normalized spacial score (nSPS) is 22.1. The van der Waals surface area contributed by atoms with Gasteiger partial charge in [-0.15, -0.1) is 11.8 Å². The van der Waals surface area contributed by atoms with Crippen LogP contribution in [0.2, 0.25) is 0 Å². The van der Waals surface area contributed by atoms with E-state index in [9.17, 15) is 14.4 Å². The number of hydrogen-bond donors (Lipinski definition) is 0. The number of esters is 2. The molecule has 3 atom stereocenters. The third kappa shape index (κ3) is 5.63. The number of β-lactam (4-membered cyclic amide) rings is 1. The zero-order chi connectivity index (χ0) is 21.8. The molecule has 0 N–H and O–H groups in total. The molecule has 0 spiro atoms. The molecule has 1 amide bonds. The predicted molar refractivity (Wildman–Crippen MR) is 110 cm³/mol. The number of allylic oxidation sites excluding steroid dienone is 1. The summed E-state index contributed by atoms with van der Waals surface area (Å²) in [5.41, 5.74) is -1.43. The monoisotopic (exact) mass is 444 g/mol. The van der Waals surface area contributed by atoms with Crippen LogP contribution in [-0.4, -0.2) is 70.7 Å². The number of aliphatic imine (C=N–C) groups is 1. The Morgan fingerprint density at radius 1 is 1.45 bits per heavy atom. The molecule has 0 aromatic carbocycles. The van der Waals surface area contributed by atoms with Crippen LogP contribution in [0.3, 0.4) is 0 Å². The standard InChI is InChI=1S/C19H25ClN2O6S/c1-6-7-8-21-14(20)18(25)27-9-11-10-29-16-13(26-5)15(23)22(16)12(11)17(24)28-19(2,3)4/h7,13-14,16H,6,9-10H2,1-5H3/t13-,14?,16+/m1/s1. The van der Waals surface area contributed by atoms with Gasteiger partial charge in [0, 0.05) is 18.4 Å². The Balaban J connectivity index is 2.21. The number of carbonyl (C=O) groups is 3. The van der Waals surface area contributed by atoms with E-state index in [1.165, 1.54) is 23.8 Å². The van der Waals surface area contributed by atoms with Gasteiger partial charge in [-0.25, -0.2) is 14.6 Å². The molecule has 0 bridgehead atoms. The zero-order valence-corrected chi connectivity index (χ0v) is 18.6. The number of amides is 1. The number of methoxy groups -OCH3 is 1. The van der Waals surface area contributed by atoms with Gasteiger partial charge < -0.3 is 14.2 Å². The first-order valence-corrected chi connectivity index (χ1v) is 10.6. The minimum absolute atomic E-state index is 0.0928. The molecule has 2 rings (SSSR count). The van der Waals surface area contributed by atoms with E-state index in [2.05, 4.69) is 10.9 Å². The van der Waals surface area contributed by atoms with E-state index >= 15 is 0 Å². The van der Waals surface area contributed by atoms with Crippen molar-refractivity contribution in [2.75, 3.05) is 19.5 Å². The van der Waals surface area contributed by atoms with Gasteiger partial charge in [-0.2, -0.15) is 0 Å². The molecule has 2 aliphatic heterocycles. The quantitative estimate of drug-likeness (QED) is 0.195. The van der Waals surface area contributed by atoms with E-state index in [4.69, 9.17) is 25.8 Å². The van der Waals surface area contributed by atoms with Gasteiger partial charge in [0.2, 0.25) is 5.50 Å². The SMILES string of the molecule is CCC=C=NC(Cl)C(=O)OCC1=C(C(=O)OC(C)(C)C)N2C(=O)[C@@H](OC)[C@@H]2SC1. The highest BCUT2D eigenvalue weighted by Gasteiger charge is 2.54. The van der Waals surface area contributed by atoms with Crippen LogP contribution in [0, 0.1) is 0 Å². The van der Waals surface area contributed by atoms with Crippen LogP contribution in [0.15, 0.2) is 22.3 Å². The summed E-state index contributed by atoms with van der Waals surface area (Å²) < 4.78 is 15.9. The Bertz CT molecular complexity index is 769. The van der Waals surface area contributed by atoms with Crippen molar-refractivity contribution >= 4 is 47.1 Å². The Morgan fingerprint density at radius 2 is 2.14 bits per heavy atom. The highest BCUT2D eigenvalue weighted by molar-refractivity contribution is 8.00. The topological polar surface area (TPSA) is 94.5 Å². The van der Waals surface area contributed by atoms with Crippen LogP contribution in [0.5, 0.6) is 0 Å². The zero-order valence-electron chi connectivity index (χ0n) is 17.1. The molecule has 0 radical (unpaired) electrons. The van der Waals surface area contributed by atoms with E-state index in [-0.39, 0.29) is 23.6 Å². The largest absolute Gasteiger partial charge is 0.459 e. The average Bonchev–Trinajstić information content (AvgIpc) is 2.64. The first kappa shape index (κ1) is 23.5. The maximum Gasteiger partial charge on any atom is 0.355 e. The molecular weight excluding hydrogens is 420 g/mol. The summed E-state index contributed by atoms with van der Waals surface area (Å²) in [4.78, 5) is 42.4. The molecule has 1 fully saturated rings. The first-order chi connectivity index (χ1) is 13.6. The second-order valence-corrected chi connectivity index (χ2v) is 8.85. The number of halogens is 1. The van der Waals surface area contributed by atoms with Gasteiger partial charge in [0.25, 0.3) is 5.91 Å². The molecule has 8 nitrogen and oxygen atoms in total. The summed E-state index contributed by atoms with van der Waals surface area (Å²) in [6.07, 6.45) is 1.72. The van der Waals surface area contributed by atoms with Crippen LogP contribution in [-0.2, 0) is 28.6 Å². The number of thioether (sulfide) groups is 1. The molecule has 0 aromatic heterocycles. The Kier molecular flexibility index (Phi) is 7.94. The van der Waals surface area contributed by atoms with Crippen molar-refractivity contribution in [1.82, 2.24) is 4.90 Å². The molecule has 2 heterocycles. The molecular formula is C19H25ClN2O6S. The number of nitrogens with zero attached hydrogens (tertiary/aromatic N) is 2. The van der Waals surface area contributed by atoms with E-state index in [0.717, 1.165) is 0 Å². The fraction of sp³-hybridized carbons (Fsp3) is 0.632. The van der Waals surface area contributed by atoms with E-state index < -0.39 is 29.1 Å². The Morgan fingerprint density at radius 3 is 2.72 bits per heavy atom. The lowest BCUT2D eigenvalue weighted by Crippen LogP contribution is -2.65. The van der Waals surface area contributed by atoms with Crippen molar-refractivity contribution in [3.63, 3.8) is 0 Å². The summed E-state index contributed by atoms with van der Waals surface area (Å²) in [6.45, 7) is 6.89. The number of ether oxygens (including phenoxy) is 3. The van der Waals surface area contributed by atoms with Crippen molar-refractivity contribution in [2.24, 2.45) is 4.99 Å². The molecule has 2 aliphatic rings. The smallest absolute Gasteiger partial charge is 0.355 e. The van der Waals surface area contributed by atoms with E-state index in [0.29, 0.717) is 17.7 Å². The number of carbonyl (C=O) groups excluding carboxylic acids is 3. The van der Waals surface area contributed by atoms with Gasteiger partial charge in [-0.05, 0) is 39.1 Å². The van der Waals surface area contributed by atoms with Crippen LogP contribution < -0.4 is 0 Å². The predicted octanol–water partition coefficient (Wildman–Crippen LogP) is 2.26.